The maximum absolute atomic E-state index is 4.73. The fourth-order valence-electron chi connectivity index (χ4n) is 2.11. The Labute approximate surface area is 105 Å². The summed E-state index contributed by atoms with van der Waals surface area (Å²) in [5.74, 6) is 0. The third-order valence-corrected chi connectivity index (χ3v) is 2.95. The maximum atomic E-state index is 4.73. The van der Waals surface area contributed by atoms with E-state index >= 15 is 0 Å². The number of nitrogens with zero attached hydrogens (tertiary/aromatic N) is 5. The number of fused-ring (bicyclic) bond motifs is 1. The van der Waals surface area contributed by atoms with Gasteiger partial charge >= 0.3 is 0 Å². The van der Waals surface area contributed by atoms with Gasteiger partial charge in [-0.05, 0) is 12.5 Å². The summed E-state index contributed by atoms with van der Waals surface area (Å²) in [5.41, 5.74) is 4.12. The maximum Gasteiger partial charge on any atom is 0.0921 e. The summed E-state index contributed by atoms with van der Waals surface area (Å²) in [7, 11) is 1.91. The number of aromatic nitrogens is 5. The van der Waals surface area contributed by atoms with Gasteiger partial charge in [0.1, 0.15) is 0 Å². The first kappa shape index (κ1) is 11.0. The van der Waals surface area contributed by atoms with E-state index in [-0.39, 0.29) is 0 Å². The van der Waals surface area contributed by atoms with Crippen molar-refractivity contribution in [2.45, 2.75) is 19.8 Å². The molecule has 0 aliphatic rings. The SMILES string of the molecule is CCCc1nc(-c2cnn(C)c2)cn2nccc12. The Morgan fingerprint density at radius 2 is 2.11 bits per heavy atom. The van der Waals surface area contributed by atoms with Gasteiger partial charge in [-0.25, -0.2) is 9.50 Å². The zero-order valence-corrected chi connectivity index (χ0v) is 10.5. The number of hydrogen-bond donors (Lipinski definition) is 0. The fourth-order valence-corrected chi connectivity index (χ4v) is 2.11. The van der Waals surface area contributed by atoms with Gasteiger partial charge in [0, 0.05) is 18.8 Å². The Morgan fingerprint density at radius 1 is 1.22 bits per heavy atom. The minimum absolute atomic E-state index is 0.919. The van der Waals surface area contributed by atoms with Gasteiger partial charge in [-0.3, -0.25) is 4.68 Å². The minimum Gasteiger partial charge on any atom is -0.275 e. The number of aryl methyl sites for hydroxylation is 2. The average Bonchev–Trinajstić information content (AvgIpc) is 2.97. The molecule has 92 valence electrons. The van der Waals surface area contributed by atoms with Crippen LogP contribution in [0.3, 0.4) is 0 Å². The first-order valence-electron chi connectivity index (χ1n) is 6.10. The van der Waals surface area contributed by atoms with Crippen molar-refractivity contribution >= 4 is 5.52 Å². The van der Waals surface area contributed by atoms with Crippen LogP contribution in [0.4, 0.5) is 0 Å². The van der Waals surface area contributed by atoms with Gasteiger partial charge in [-0.15, -0.1) is 0 Å². The predicted octanol–water partition coefficient (Wildman–Crippen LogP) is 2.08. The van der Waals surface area contributed by atoms with Crippen LogP contribution in [0.5, 0.6) is 0 Å². The summed E-state index contributed by atoms with van der Waals surface area (Å²) in [6.45, 7) is 2.16. The van der Waals surface area contributed by atoms with Gasteiger partial charge in [0.25, 0.3) is 0 Å². The van der Waals surface area contributed by atoms with Crippen molar-refractivity contribution in [2.24, 2.45) is 7.05 Å². The van der Waals surface area contributed by atoms with E-state index < -0.39 is 0 Å². The Kier molecular flexibility index (Phi) is 2.59. The molecule has 0 unspecified atom stereocenters. The van der Waals surface area contributed by atoms with Gasteiger partial charge in [0.2, 0.25) is 0 Å². The standard InChI is InChI=1S/C13H15N5/c1-3-4-11-13-5-6-14-18(13)9-12(16-11)10-7-15-17(2)8-10/h5-9H,3-4H2,1-2H3. The molecule has 0 saturated carbocycles. The highest BCUT2D eigenvalue weighted by molar-refractivity contribution is 5.61. The molecule has 3 rings (SSSR count). The monoisotopic (exact) mass is 241 g/mol. The van der Waals surface area contributed by atoms with E-state index in [1.807, 2.05) is 42.4 Å². The Hall–Kier alpha value is -2.17. The van der Waals surface area contributed by atoms with Crippen LogP contribution in [0.1, 0.15) is 19.0 Å². The molecule has 3 aromatic heterocycles. The van der Waals surface area contributed by atoms with Crippen LogP contribution in [0.2, 0.25) is 0 Å². The zero-order chi connectivity index (χ0) is 12.5. The Balaban J connectivity index is 2.18. The highest BCUT2D eigenvalue weighted by atomic mass is 15.2. The summed E-state index contributed by atoms with van der Waals surface area (Å²) in [5, 5.41) is 8.49. The molecule has 0 spiro atoms. The van der Waals surface area contributed by atoms with E-state index in [1.165, 1.54) is 0 Å². The van der Waals surface area contributed by atoms with Gasteiger partial charge in [-0.1, -0.05) is 13.3 Å². The second kappa shape index (κ2) is 4.25. The first-order chi connectivity index (χ1) is 8.78. The summed E-state index contributed by atoms with van der Waals surface area (Å²) in [6.07, 6.45) is 9.59. The van der Waals surface area contributed by atoms with Crippen molar-refractivity contribution < 1.29 is 0 Å². The molecule has 5 heteroatoms. The van der Waals surface area contributed by atoms with Crippen LogP contribution < -0.4 is 0 Å². The fraction of sp³-hybridized carbons (Fsp3) is 0.308. The largest absolute Gasteiger partial charge is 0.275 e. The lowest BCUT2D eigenvalue weighted by Crippen LogP contribution is -1.99. The molecule has 0 saturated heterocycles. The molecule has 0 aliphatic heterocycles. The van der Waals surface area contributed by atoms with E-state index in [0.29, 0.717) is 0 Å². The van der Waals surface area contributed by atoms with Gasteiger partial charge < -0.3 is 0 Å². The molecule has 0 fully saturated rings. The topological polar surface area (TPSA) is 48.0 Å². The normalized spacial score (nSPS) is 11.2. The predicted molar refractivity (Wildman–Crippen MR) is 69.2 cm³/mol. The van der Waals surface area contributed by atoms with Crippen molar-refractivity contribution in [3.05, 3.63) is 36.5 Å². The number of hydrogen-bond acceptors (Lipinski definition) is 3. The van der Waals surface area contributed by atoms with E-state index in [2.05, 4.69) is 17.1 Å². The van der Waals surface area contributed by atoms with Crippen LogP contribution in [-0.4, -0.2) is 24.4 Å². The van der Waals surface area contributed by atoms with E-state index in [0.717, 1.165) is 35.3 Å². The van der Waals surface area contributed by atoms with Crippen LogP contribution in [0.25, 0.3) is 16.8 Å². The average molecular weight is 241 g/mol. The van der Waals surface area contributed by atoms with Crippen molar-refractivity contribution in [2.75, 3.05) is 0 Å². The van der Waals surface area contributed by atoms with Crippen molar-refractivity contribution in [1.82, 2.24) is 24.4 Å². The molecule has 0 atom stereocenters. The molecule has 0 aliphatic carbocycles. The molecular weight excluding hydrogens is 226 g/mol. The summed E-state index contributed by atoms with van der Waals surface area (Å²) in [6, 6.07) is 2.00. The molecule has 0 N–H and O–H groups in total. The quantitative estimate of drug-likeness (QED) is 0.705. The van der Waals surface area contributed by atoms with Gasteiger partial charge in [0.05, 0.1) is 35.5 Å². The lowest BCUT2D eigenvalue weighted by Gasteiger charge is -2.05. The van der Waals surface area contributed by atoms with E-state index in [1.54, 1.807) is 4.68 Å². The van der Waals surface area contributed by atoms with E-state index in [9.17, 15) is 0 Å². The Morgan fingerprint density at radius 3 is 2.83 bits per heavy atom. The molecule has 3 heterocycles. The molecule has 5 nitrogen and oxygen atoms in total. The second-order valence-electron chi connectivity index (χ2n) is 4.39. The molecule has 3 aromatic rings. The molecule has 0 aromatic carbocycles. The molecule has 18 heavy (non-hydrogen) atoms. The van der Waals surface area contributed by atoms with Crippen molar-refractivity contribution in [1.29, 1.82) is 0 Å². The highest BCUT2D eigenvalue weighted by Gasteiger charge is 2.09. The minimum atomic E-state index is 0.919. The zero-order valence-electron chi connectivity index (χ0n) is 10.5. The van der Waals surface area contributed by atoms with Gasteiger partial charge in [-0.2, -0.15) is 10.2 Å². The summed E-state index contributed by atoms with van der Waals surface area (Å²) < 4.78 is 3.67. The molecule has 0 radical (unpaired) electrons. The molecular formula is C13H15N5. The summed E-state index contributed by atoms with van der Waals surface area (Å²) >= 11 is 0. The lowest BCUT2D eigenvalue weighted by atomic mass is 10.2. The van der Waals surface area contributed by atoms with Crippen LogP contribution in [0, 0.1) is 0 Å². The Bertz CT molecular complexity index is 680. The van der Waals surface area contributed by atoms with Crippen molar-refractivity contribution in [3.63, 3.8) is 0 Å². The van der Waals surface area contributed by atoms with Gasteiger partial charge in [0.15, 0.2) is 0 Å². The third kappa shape index (κ3) is 1.77. The second-order valence-corrected chi connectivity index (χ2v) is 4.39. The smallest absolute Gasteiger partial charge is 0.0921 e. The van der Waals surface area contributed by atoms with Crippen LogP contribution in [0.15, 0.2) is 30.9 Å². The summed E-state index contributed by atoms with van der Waals surface area (Å²) in [4.78, 5) is 4.73. The molecule has 0 bridgehead atoms. The van der Waals surface area contributed by atoms with E-state index in [4.69, 9.17) is 4.98 Å². The van der Waals surface area contributed by atoms with Crippen LogP contribution >= 0.6 is 0 Å². The lowest BCUT2D eigenvalue weighted by molar-refractivity contribution is 0.768. The van der Waals surface area contributed by atoms with Crippen LogP contribution in [-0.2, 0) is 13.5 Å². The number of rotatable bonds is 3. The third-order valence-electron chi connectivity index (χ3n) is 2.95. The highest BCUT2D eigenvalue weighted by Crippen LogP contribution is 2.19. The van der Waals surface area contributed by atoms with Crippen molar-refractivity contribution in [3.8, 4) is 11.3 Å². The molecule has 0 amide bonds. The first-order valence-corrected chi connectivity index (χ1v) is 6.10.